The Morgan fingerprint density at radius 2 is 1.95 bits per heavy atom. The summed E-state index contributed by atoms with van der Waals surface area (Å²) < 4.78 is 0. The summed E-state index contributed by atoms with van der Waals surface area (Å²) in [4.78, 5) is 27.0. The highest BCUT2D eigenvalue weighted by atomic mass is 16.4. The maximum atomic E-state index is 11.9. The summed E-state index contributed by atoms with van der Waals surface area (Å²) in [5.41, 5.74) is 0.381. The van der Waals surface area contributed by atoms with Crippen LogP contribution in [0.15, 0.2) is 24.5 Å². The second kappa shape index (κ2) is 9.91. The standard InChI is InChI=1S/C16H24N2O3/c1-2-3-4-5-6-7-10-14(16(20)21)18-15(19)13-9-8-11-17-12-13/h8-9,11-12,14H,2-7,10H2,1H3,(H,18,19)(H,20,21)/t14-/m1/s1. The molecule has 0 saturated carbocycles. The number of nitrogens with zero attached hydrogens (tertiary/aromatic N) is 1. The quantitative estimate of drug-likeness (QED) is 0.650. The van der Waals surface area contributed by atoms with Gasteiger partial charge in [0.2, 0.25) is 0 Å². The SMILES string of the molecule is CCCCCCCC[C@@H](NC(=O)c1cccnc1)C(=O)O. The molecule has 0 bridgehead atoms. The van der Waals surface area contributed by atoms with E-state index in [1.807, 2.05) is 0 Å². The zero-order chi connectivity index (χ0) is 15.5. The Morgan fingerprint density at radius 1 is 1.24 bits per heavy atom. The molecule has 5 nitrogen and oxygen atoms in total. The number of carboxylic acids is 1. The number of unbranched alkanes of at least 4 members (excludes halogenated alkanes) is 5. The Hall–Kier alpha value is -1.91. The van der Waals surface area contributed by atoms with Crippen LogP contribution in [0.2, 0.25) is 0 Å². The predicted molar refractivity (Wildman–Crippen MR) is 81.1 cm³/mol. The molecule has 1 heterocycles. The zero-order valence-corrected chi connectivity index (χ0v) is 12.5. The van der Waals surface area contributed by atoms with Gasteiger partial charge in [-0.15, -0.1) is 0 Å². The van der Waals surface area contributed by atoms with Crippen molar-refractivity contribution >= 4 is 11.9 Å². The molecule has 0 aliphatic heterocycles. The van der Waals surface area contributed by atoms with E-state index in [1.165, 1.54) is 25.5 Å². The van der Waals surface area contributed by atoms with Crippen LogP contribution < -0.4 is 5.32 Å². The number of amides is 1. The zero-order valence-electron chi connectivity index (χ0n) is 12.5. The molecule has 2 N–H and O–H groups in total. The number of rotatable bonds is 10. The smallest absolute Gasteiger partial charge is 0.326 e. The van der Waals surface area contributed by atoms with Crippen molar-refractivity contribution in [1.82, 2.24) is 10.3 Å². The van der Waals surface area contributed by atoms with E-state index in [-0.39, 0.29) is 5.91 Å². The summed E-state index contributed by atoms with van der Waals surface area (Å²) in [5.74, 6) is -1.37. The van der Waals surface area contributed by atoms with Crippen LogP contribution in [0.5, 0.6) is 0 Å². The molecule has 1 amide bonds. The number of carbonyl (C=O) groups excluding carboxylic acids is 1. The van der Waals surface area contributed by atoms with Crippen molar-refractivity contribution in [3.05, 3.63) is 30.1 Å². The number of nitrogens with one attached hydrogen (secondary N) is 1. The van der Waals surface area contributed by atoms with Gasteiger partial charge < -0.3 is 10.4 Å². The molecule has 0 aromatic carbocycles. The Labute approximate surface area is 125 Å². The molecule has 0 saturated heterocycles. The van der Waals surface area contributed by atoms with Gasteiger partial charge in [0.1, 0.15) is 6.04 Å². The number of carbonyl (C=O) groups is 2. The van der Waals surface area contributed by atoms with E-state index in [9.17, 15) is 14.7 Å². The lowest BCUT2D eigenvalue weighted by molar-refractivity contribution is -0.139. The fourth-order valence-electron chi connectivity index (χ4n) is 2.12. The molecule has 1 aromatic rings. The molecule has 1 atom stereocenters. The average molecular weight is 292 g/mol. The minimum Gasteiger partial charge on any atom is -0.480 e. The van der Waals surface area contributed by atoms with Gasteiger partial charge >= 0.3 is 5.97 Å². The lowest BCUT2D eigenvalue weighted by atomic mass is 10.1. The molecule has 0 fully saturated rings. The third kappa shape index (κ3) is 6.88. The Bertz CT molecular complexity index is 434. The van der Waals surface area contributed by atoms with Crippen LogP contribution in [0.4, 0.5) is 0 Å². The largest absolute Gasteiger partial charge is 0.480 e. The van der Waals surface area contributed by atoms with E-state index < -0.39 is 12.0 Å². The summed E-state index contributed by atoms with van der Waals surface area (Å²) in [6.07, 6.45) is 10.0. The van der Waals surface area contributed by atoms with Gasteiger partial charge in [-0.1, -0.05) is 45.4 Å². The van der Waals surface area contributed by atoms with Gasteiger partial charge in [-0.3, -0.25) is 9.78 Å². The highest BCUT2D eigenvalue weighted by molar-refractivity contribution is 5.96. The lowest BCUT2D eigenvalue weighted by Gasteiger charge is -2.14. The maximum Gasteiger partial charge on any atom is 0.326 e. The summed E-state index contributed by atoms with van der Waals surface area (Å²) >= 11 is 0. The lowest BCUT2D eigenvalue weighted by Crippen LogP contribution is -2.40. The van der Waals surface area contributed by atoms with E-state index in [0.29, 0.717) is 12.0 Å². The van der Waals surface area contributed by atoms with Crippen LogP contribution in [0.1, 0.15) is 62.2 Å². The molecule has 0 radical (unpaired) electrons. The van der Waals surface area contributed by atoms with Crippen molar-refractivity contribution in [2.45, 2.75) is 57.9 Å². The number of pyridine rings is 1. The summed E-state index contributed by atoms with van der Waals surface area (Å²) in [6, 6.07) is 2.44. The van der Waals surface area contributed by atoms with Crippen molar-refractivity contribution in [2.75, 3.05) is 0 Å². The molecule has 0 aliphatic rings. The minimum absolute atomic E-state index is 0.381. The highest BCUT2D eigenvalue weighted by Gasteiger charge is 2.20. The van der Waals surface area contributed by atoms with Crippen LogP contribution in [0, 0.1) is 0 Å². The second-order valence-electron chi connectivity index (χ2n) is 5.16. The third-order valence-electron chi connectivity index (χ3n) is 3.37. The number of aliphatic carboxylic acids is 1. The predicted octanol–water partition coefficient (Wildman–Crippen LogP) is 3.02. The number of hydrogen-bond acceptors (Lipinski definition) is 3. The minimum atomic E-state index is -0.985. The molecular weight excluding hydrogens is 268 g/mol. The molecule has 0 aliphatic carbocycles. The first-order chi connectivity index (χ1) is 10.1. The Morgan fingerprint density at radius 3 is 2.57 bits per heavy atom. The van der Waals surface area contributed by atoms with Crippen molar-refractivity contribution < 1.29 is 14.7 Å². The van der Waals surface area contributed by atoms with E-state index in [1.54, 1.807) is 18.3 Å². The third-order valence-corrected chi connectivity index (χ3v) is 3.37. The van der Waals surface area contributed by atoms with Gasteiger partial charge in [0.05, 0.1) is 5.56 Å². The van der Waals surface area contributed by atoms with E-state index >= 15 is 0 Å². The highest BCUT2D eigenvalue weighted by Crippen LogP contribution is 2.09. The van der Waals surface area contributed by atoms with Gasteiger partial charge in [0.25, 0.3) is 5.91 Å². The van der Waals surface area contributed by atoms with Crippen LogP contribution in [0.25, 0.3) is 0 Å². The molecule has 21 heavy (non-hydrogen) atoms. The van der Waals surface area contributed by atoms with Crippen molar-refractivity contribution in [3.8, 4) is 0 Å². The van der Waals surface area contributed by atoms with Gasteiger partial charge in [0, 0.05) is 12.4 Å². The van der Waals surface area contributed by atoms with E-state index in [0.717, 1.165) is 19.3 Å². The Kier molecular flexibility index (Phi) is 8.09. The van der Waals surface area contributed by atoms with Crippen LogP contribution in [-0.2, 0) is 4.79 Å². The van der Waals surface area contributed by atoms with Gasteiger partial charge in [-0.25, -0.2) is 4.79 Å². The monoisotopic (exact) mass is 292 g/mol. The summed E-state index contributed by atoms with van der Waals surface area (Å²) in [6.45, 7) is 2.16. The Balaban J connectivity index is 2.36. The van der Waals surface area contributed by atoms with Crippen LogP contribution in [0.3, 0.4) is 0 Å². The van der Waals surface area contributed by atoms with Crippen LogP contribution in [-0.4, -0.2) is 28.0 Å². The van der Waals surface area contributed by atoms with Gasteiger partial charge in [0.15, 0.2) is 0 Å². The van der Waals surface area contributed by atoms with Crippen molar-refractivity contribution in [3.63, 3.8) is 0 Å². The second-order valence-corrected chi connectivity index (χ2v) is 5.16. The fourth-order valence-corrected chi connectivity index (χ4v) is 2.12. The molecule has 1 aromatic heterocycles. The van der Waals surface area contributed by atoms with Crippen molar-refractivity contribution in [1.29, 1.82) is 0 Å². The normalized spacial score (nSPS) is 11.9. The van der Waals surface area contributed by atoms with Crippen molar-refractivity contribution in [2.24, 2.45) is 0 Å². The fraction of sp³-hybridized carbons (Fsp3) is 0.562. The molecule has 1 rings (SSSR count). The molecule has 116 valence electrons. The summed E-state index contributed by atoms with van der Waals surface area (Å²) in [5, 5.41) is 11.7. The summed E-state index contributed by atoms with van der Waals surface area (Å²) in [7, 11) is 0. The average Bonchev–Trinajstić information content (AvgIpc) is 2.50. The van der Waals surface area contributed by atoms with E-state index in [4.69, 9.17) is 0 Å². The van der Waals surface area contributed by atoms with Gasteiger partial charge in [-0.2, -0.15) is 0 Å². The van der Waals surface area contributed by atoms with E-state index in [2.05, 4.69) is 17.2 Å². The first-order valence-electron chi connectivity index (χ1n) is 7.58. The first kappa shape index (κ1) is 17.1. The topological polar surface area (TPSA) is 79.3 Å². The number of hydrogen-bond donors (Lipinski definition) is 2. The molecule has 5 heteroatoms. The number of aromatic nitrogens is 1. The first-order valence-corrected chi connectivity index (χ1v) is 7.58. The van der Waals surface area contributed by atoms with Gasteiger partial charge in [-0.05, 0) is 18.6 Å². The van der Waals surface area contributed by atoms with Crippen LogP contribution >= 0.6 is 0 Å². The number of carboxylic acid groups (broad SMARTS) is 1. The molecular formula is C16H24N2O3. The maximum absolute atomic E-state index is 11.9. The molecule has 0 unspecified atom stereocenters. The molecule has 0 spiro atoms.